The van der Waals surface area contributed by atoms with Crippen LogP contribution < -0.4 is 17.1 Å². The molecule has 2 fully saturated rings. The summed E-state index contributed by atoms with van der Waals surface area (Å²) in [4.78, 5) is 30.9. The molecule has 7 atom stereocenters. The van der Waals surface area contributed by atoms with E-state index in [1.807, 2.05) is 13.8 Å². The lowest BCUT2D eigenvalue weighted by Gasteiger charge is -2.22. The fourth-order valence-electron chi connectivity index (χ4n) is 3.81. The molecular weight excluding hydrogens is 433 g/mol. The van der Waals surface area contributed by atoms with E-state index in [9.17, 15) is 14.2 Å². The van der Waals surface area contributed by atoms with Crippen molar-refractivity contribution in [2.75, 3.05) is 20.3 Å². The lowest BCUT2D eigenvalue weighted by atomic mass is 10.0. The fourth-order valence-corrected chi connectivity index (χ4v) is 4.80. The van der Waals surface area contributed by atoms with E-state index in [1.54, 1.807) is 6.92 Å². The van der Waals surface area contributed by atoms with Crippen molar-refractivity contribution in [3.8, 4) is 0 Å². The van der Waals surface area contributed by atoms with Crippen LogP contribution in [0.3, 0.4) is 0 Å². The summed E-state index contributed by atoms with van der Waals surface area (Å²) in [5.41, 5.74) is -0.740. The molecule has 31 heavy (non-hydrogen) atoms. The lowest BCUT2D eigenvalue weighted by molar-refractivity contribution is -0.0642. The minimum atomic E-state index is -3.85. The van der Waals surface area contributed by atoms with Crippen molar-refractivity contribution < 1.29 is 32.4 Å². The molecule has 3 N–H and O–H groups in total. The Morgan fingerprint density at radius 2 is 1.94 bits per heavy atom. The van der Waals surface area contributed by atoms with E-state index in [0.29, 0.717) is 5.56 Å². The van der Waals surface area contributed by atoms with Crippen molar-refractivity contribution in [2.24, 2.45) is 11.8 Å². The number of nitrogens with two attached hydrogens (primary N) is 1. The van der Waals surface area contributed by atoms with Crippen molar-refractivity contribution >= 4 is 7.82 Å². The molecule has 3 rings (SSSR count). The highest BCUT2D eigenvalue weighted by atomic mass is 31.2. The Morgan fingerprint density at radius 3 is 2.55 bits per heavy atom. The van der Waals surface area contributed by atoms with E-state index in [2.05, 4.69) is 4.98 Å². The Balaban J connectivity index is 1.61. The van der Waals surface area contributed by atoms with Gasteiger partial charge in [-0.2, -0.15) is 0 Å². The molecule has 1 aromatic heterocycles. The van der Waals surface area contributed by atoms with E-state index in [0.717, 1.165) is 6.42 Å². The molecule has 3 heterocycles. The summed E-state index contributed by atoms with van der Waals surface area (Å²) in [5, 5.41) is 0. The Kier molecular flexibility index (Phi) is 7.87. The standard InChI is InChI=1S/C18H30N3O9P/c1-10-7-21(18(23)20-17(10)22)16-6-14(30-19)15(29-16)9-27-31(24,25-4)26-8-13-5-11(2)28-12(13)3/h7,11-16H,5-6,8-9,19H2,1-4H3,(H,20,22,23)/t11-,12?,13-,14+,15+,16+,31?/m0/s1. The van der Waals surface area contributed by atoms with Crippen LogP contribution in [-0.4, -0.2) is 54.3 Å². The second kappa shape index (κ2) is 10.1. The number of phosphoric ester groups is 1. The van der Waals surface area contributed by atoms with Crippen LogP contribution in [0.5, 0.6) is 0 Å². The minimum absolute atomic E-state index is 0.0201. The average molecular weight is 463 g/mol. The molecule has 12 nitrogen and oxygen atoms in total. The second-order valence-electron chi connectivity index (χ2n) is 7.89. The molecule has 2 aliphatic heterocycles. The molecule has 0 saturated carbocycles. The number of phosphoric acid groups is 1. The van der Waals surface area contributed by atoms with Gasteiger partial charge in [0.25, 0.3) is 5.56 Å². The molecule has 0 aromatic carbocycles. The largest absolute Gasteiger partial charge is 0.474 e. The van der Waals surface area contributed by atoms with Gasteiger partial charge >= 0.3 is 13.5 Å². The first-order valence-corrected chi connectivity index (χ1v) is 11.5. The Bertz CT molecular complexity index is 919. The zero-order valence-electron chi connectivity index (χ0n) is 18.0. The number of nitrogens with one attached hydrogen (secondary N) is 1. The van der Waals surface area contributed by atoms with Gasteiger partial charge in [-0.05, 0) is 27.2 Å². The van der Waals surface area contributed by atoms with Crippen molar-refractivity contribution in [1.82, 2.24) is 9.55 Å². The first kappa shape index (κ1) is 24.3. The molecule has 176 valence electrons. The molecule has 0 amide bonds. The number of hydrogen-bond acceptors (Lipinski definition) is 10. The number of aryl methyl sites for hydroxylation is 1. The van der Waals surface area contributed by atoms with E-state index in [1.165, 1.54) is 17.9 Å². The molecule has 0 radical (unpaired) electrons. The maximum Gasteiger partial charge on any atom is 0.474 e. The van der Waals surface area contributed by atoms with Crippen LogP contribution in [-0.2, 0) is 32.4 Å². The van der Waals surface area contributed by atoms with Gasteiger partial charge in [-0.15, -0.1) is 0 Å². The number of aromatic nitrogens is 2. The Hall–Kier alpha value is -1.37. The van der Waals surface area contributed by atoms with Crippen molar-refractivity contribution in [1.29, 1.82) is 0 Å². The summed E-state index contributed by atoms with van der Waals surface area (Å²) in [6.07, 6.45) is 0.375. The number of ether oxygens (including phenoxy) is 2. The predicted molar refractivity (Wildman–Crippen MR) is 108 cm³/mol. The highest BCUT2D eigenvalue weighted by Crippen LogP contribution is 2.50. The van der Waals surface area contributed by atoms with Gasteiger partial charge < -0.3 is 9.47 Å². The summed E-state index contributed by atoms with van der Waals surface area (Å²) in [5.74, 6) is 5.45. The normalized spacial score (nSPS) is 32.9. The van der Waals surface area contributed by atoms with E-state index < -0.39 is 37.5 Å². The van der Waals surface area contributed by atoms with E-state index in [4.69, 9.17) is 33.8 Å². The van der Waals surface area contributed by atoms with Gasteiger partial charge in [-0.3, -0.25) is 32.8 Å². The van der Waals surface area contributed by atoms with Crippen LogP contribution in [0.15, 0.2) is 15.8 Å². The lowest BCUT2D eigenvalue weighted by Crippen LogP contribution is -2.33. The maximum atomic E-state index is 12.8. The maximum absolute atomic E-state index is 12.8. The third-order valence-corrected chi connectivity index (χ3v) is 7.00. The number of rotatable bonds is 9. The van der Waals surface area contributed by atoms with Crippen LogP contribution in [0, 0.1) is 12.8 Å². The molecule has 2 aliphatic rings. The monoisotopic (exact) mass is 463 g/mol. The zero-order chi connectivity index (χ0) is 22.8. The third kappa shape index (κ3) is 5.71. The summed E-state index contributed by atoms with van der Waals surface area (Å²) in [6.45, 7) is 5.44. The minimum Gasteiger partial charge on any atom is -0.375 e. The molecule has 0 bridgehead atoms. The first-order valence-electron chi connectivity index (χ1n) is 10.1. The van der Waals surface area contributed by atoms with Gasteiger partial charge in [0.1, 0.15) is 18.4 Å². The summed E-state index contributed by atoms with van der Waals surface area (Å²) >= 11 is 0. The smallest absolute Gasteiger partial charge is 0.375 e. The van der Waals surface area contributed by atoms with Crippen LogP contribution in [0.2, 0.25) is 0 Å². The van der Waals surface area contributed by atoms with Gasteiger partial charge in [0.15, 0.2) is 0 Å². The summed E-state index contributed by atoms with van der Waals surface area (Å²) < 4.78 is 41.5. The second-order valence-corrected chi connectivity index (χ2v) is 9.66. The van der Waals surface area contributed by atoms with Gasteiger partial charge in [-0.1, -0.05) is 0 Å². The molecule has 2 unspecified atom stereocenters. The number of H-pyrrole nitrogens is 1. The van der Waals surface area contributed by atoms with Gasteiger partial charge in [-0.25, -0.2) is 15.3 Å². The quantitative estimate of drug-likeness (QED) is 0.400. The van der Waals surface area contributed by atoms with E-state index in [-0.39, 0.29) is 37.8 Å². The third-order valence-electron chi connectivity index (χ3n) is 5.62. The number of hydrogen-bond donors (Lipinski definition) is 2. The molecule has 2 saturated heterocycles. The van der Waals surface area contributed by atoms with Crippen LogP contribution in [0.1, 0.15) is 38.5 Å². The van der Waals surface area contributed by atoms with Crippen LogP contribution in [0.25, 0.3) is 0 Å². The van der Waals surface area contributed by atoms with Crippen molar-refractivity contribution in [3.63, 3.8) is 0 Å². The van der Waals surface area contributed by atoms with Crippen molar-refractivity contribution in [2.45, 2.75) is 64.3 Å². The molecule has 1 aromatic rings. The van der Waals surface area contributed by atoms with Gasteiger partial charge in [0, 0.05) is 31.2 Å². The highest BCUT2D eigenvalue weighted by molar-refractivity contribution is 7.48. The van der Waals surface area contributed by atoms with Crippen LogP contribution in [0.4, 0.5) is 0 Å². The van der Waals surface area contributed by atoms with Crippen molar-refractivity contribution in [3.05, 3.63) is 32.6 Å². The van der Waals surface area contributed by atoms with Gasteiger partial charge in [0.05, 0.1) is 25.4 Å². The highest BCUT2D eigenvalue weighted by Gasteiger charge is 2.40. The van der Waals surface area contributed by atoms with Crippen LogP contribution >= 0.6 is 7.82 Å². The Labute approximate surface area is 179 Å². The molecule has 0 aliphatic carbocycles. The predicted octanol–water partition coefficient (Wildman–Crippen LogP) is 0.993. The SMILES string of the molecule is COP(=O)(OC[C@@H]1C[C@H](C)OC1C)OC[C@H]1O[C@@H](n2cc(C)c(=O)[nH]c2=O)C[C@H]1ON. The summed E-state index contributed by atoms with van der Waals surface area (Å²) in [6, 6.07) is 0. The van der Waals surface area contributed by atoms with Gasteiger partial charge in [0.2, 0.25) is 0 Å². The summed E-state index contributed by atoms with van der Waals surface area (Å²) in [7, 11) is -2.62. The first-order chi connectivity index (χ1) is 14.7. The fraction of sp³-hybridized carbons (Fsp3) is 0.778. The average Bonchev–Trinajstić information content (AvgIpc) is 3.29. The molecular formula is C18H30N3O9P. The Morgan fingerprint density at radius 1 is 1.23 bits per heavy atom. The van der Waals surface area contributed by atoms with E-state index >= 15 is 0 Å². The molecule has 0 spiro atoms. The zero-order valence-corrected chi connectivity index (χ0v) is 18.9. The topological polar surface area (TPSA) is 153 Å². The number of nitrogens with zero attached hydrogens (tertiary/aromatic N) is 1. The number of aromatic amines is 1. The molecule has 13 heteroatoms.